The summed E-state index contributed by atoms with van der Waals surface area (Å²) in [7, 11) is 0. The van der Waals surface area contributed by atoms with E-state index in [1.54, 1.807) is 0 Å². The molecule has 0 rings (SSSR count). The van der Waals surface area contributed by atoms with Gasteiger partial charge in [0.25, 0.3) is 0 Å². The molecule has 0 bridgehead atoms. The van der Waals surface area contributed by atoms with Crippen molar-refractivity contribution in [1.29, 1.82) is 0 Å². The van der Waals surface area contributed by atoms with Gasteiger partial charge < -0.3 is 10.0 Å². The van der Waals surface area contributed by atoms with E-state index in [9.17, 15) is 4.79 Å². The predicted octanol–water partition coefficient (Wildman–Crippen LogP) is 4.87. The zero-order valence-electron chi connectivity index (χ0n) is 14.2. The Bertz CT molecular complexity index is 268. The molecule has 3 heteroatoms. The largest absolute Gasteiger partial charge is 0.478 e. The molecule has 0 aromatic rings. The SMILES string of the molecule is C=C(CCCCCCCN(CCCC)CCCC)C(=O)O. The lowest BCUT2D eigenvalue weighted by Gasteiger charge is -2.21. The lowest BCUT2D eigenvalue weighted by atomic mass is 10.1. The molecular weight excluding hydrogens is 262 g/mol. The number of hydrogen-bond donors (Lipinski definition) is 1. The van der Waals surface area contributed by atoms with Gasteiger partial charge in [-0.2, -0.15) is 0 Å². The molecule has 0 heterocycles. The van der Waals surface area contributed by atoms with E-state index in [1.165, 1.54) is 64.6 Å². The van der Waals surface area contributed by atoms with Crippen molar-refractivity contribution < 1.29 is 9.90 Å². The highest BCUT2D eigenvalue weighted by atomic mass is 16.4. The number of nitrogens with zero attached hydrogens (tertiary/aromatic N) is 1. The normalized spacial score (nSPS) is 11.0. The van der Waals surface area contributed by atoms with Crippen molar-refractivity contribution in [2.24, 2.45) is 0 Å². The summed E-state index contributed by atoms with van der Waals surface area (Å²) in [5, 5.41) is 8.72. The summed E-state index contributed by atoms with van der Waals surface area (Å²) in [6.45, 7) is 11.8. The van der Waals surface area contributed by atoms with E-state index in [2.05, 4.69) is 25.3 Å². The molecule has 124 valence electrons. The van der Waals surface area contributed by atoms with Gasteiger partial charge in [0.05, 0.1) is 0 Å². The van der Waals surface area contributed by atoms with E-state index in [1.807, 2.05) is 0 Å². The molecule has 3 nitrogen and oxygen atoms in total. The molecule has 0 unspecified atom stereocenters. The van der Waals surface area contributed by atoms with E-state index in [-0.39, 0.29) is 0 Å². The zero-order chi connectivity index (χ0) is 15.9. The molecule has 0 aliphatic carbocycles. The minimum absolute atomic E-state index is 0.348. The van der Waals surface area contributed by atoms with Crippen molar-refractivity contribution in [3.63, 3.8) is 0 Å². The number of hydrogen-bond acceptors (Lipinski definition) is 2. The fourth-order valence-electron chi connectivity index (χ4n) is 2.41. The molecule has 0 aromatic carbocycles. The first kappa shape index (κ1) is 20.2. The molecule has 0 radical (unpaired) electrons. The van der Waals surface area contributed by atoms with Crippen molar-refractivity contribution in [3.05, 3.63) is 12.2 Å². The number of unbranched alkanes of at least 4 members (excludes halogenated alkanes) is 6. The van der Waals surface area contributed by atoms with Crippen LogP contribution < -0.4 is 0 Å². The second kappa shape index (κ2) is 14.1. The molecule has 0 atom stereocenters. The van der Waals surface area contributed by atoms with Gasteiger partial charge in [-0.15, -0.1) is 0 Å². The lowest BCUT2D eigenvalue weighted by Crippen LogP contribution is -2.27. The van der Waals surface area contributed by atoms with Crippen LogP contribution in [0.1, 0.15) is 78.1 Å². The smallest absolute Gasteiger partial charge is 0.330 e. The van der Waals surface area contributed by atoms with E-state index < -0.39 is 5.97 Å². The molecular formula is C18H35NO2. The zero-order valence-corrected chi connectivity index (χ0v) is 14.2. The average Bonchev–Trinajstić information content (AvgIpc) is 2.47. The maximum Gasteiger partial charge on any atom is 0.330 e. The Balaban J connectivity index is 3.56. The fraction of sp³-hybridized carbons (Fsp3) is 0.833. The van der Waals surface area contributed by atoms with Crippen LogP contribution in [-0.2, 0) is 4.79 Å². The van der Waals surface area contributed by atoms with Crippen LogP contribution in [0, 0.1) is 0 Å². The van der Waals surface area contributed by atoms with Gasteiger partial charge >= 0.3 is 5.97 Å². The highest BCUT2D eigenvalue weighted by molar-refractivity contribution is 5.85. The van der Waals surface area contributed by atoms with Crippen LogP contribution in [0.5, 0.6) is 0 Å². The van der Waals surface area contributed by atoms with Gasteiger partial charge in [0, 0.05) is 5.57 Å². The molecule has 0 aromatic heterocycles. The summed E-state index contributed by atoms with van der Waals surface area (Å²) in [5.74, 6) is -0.850. The molecule has 1 N–H and O–H groups in total. The maximum absolute atomic E-state index is 10.6. The van der Waals surface area contributed by atoms with Crippen molar-refractivity contribution in [2.75, 3.05) is 19.6 Å². The first-order chi connectivity index (χ1) is 10.1. The number of aliphatic carboxylic acids is 1. The Morgan fingerprint density at radius 2 is 1.33 bits per heavy atom. The van der Waals surface area contributed by atoms with Crippen molar-refractivity contribution in [3.8, 4) is 0 Å². The number of carboxylic acid groups (broad SMARTS) is 1. The van der Waals surface area contributed by atoms with Gasteiger partial charge in [0.15, 0.2) is 0 Å². The summed E-state index contributed by atoms with van der Waals surface area (Å²) in [6, 6.07) is 0. The van der Waals surface area contributed by atoms with E-state index in [0.717, 1.165) is 12.8 Å². The molecule has 0 aliphatic rings. The first-order valence-electron chi connectivity index (χ1n) is 8.75. The van der Waals surface area contributed by atoms with Gasteiger partial charge in [0.1, 0.15) is 0 Å². The predicted molar refractivity (Wildman–Crippen MR) is 90.7 cm³/mol. The van der Waals surface area contributed by atoms with Gasteiger partial charge in [-0.05, 0) is 51.7 Å². The maximum atomic E-state index is 10.6. The Labute approximate surface area is 131 Å². The number of carboxylic acids is 1. The standard InChI is InChI=1S/C18H35NO2/c1-4-6-14-19(15-7-5-2)16-12-10-8-9-11-13-17(3)18(20)21/h3-16H2,1-2H3,(H,20,21). The van der Waals surface area contributed by atoms with Crippen LogP contribution in [0.3, 0.4) is 0 Å². The Morgan fingerprint density at radius 1 is 0.857 bits per heavy atom. The third-order valence-electron chi connectivity index (χ3n) is 3.91. The Morgan fingerprint density at radius 3 is 1.86 bits per heavy atom. The van der Waals surface area contributed by atoms with Gasteiger partial charge in [-0.1, -0.05) is 52.5 Å². The summed E-state index contributed by atoms with van der Waals surface area (Å²) < 4.78 is 0. The molecule has 0 saturated heterocycles. The average molecular weight is 297 g/mol. The topological polar surface area (TPSA) is 40.5 Å². The second-order valence-corrected chi connectivity index (χ2v) is 5.98. The highest BCUT2D eigenvalue weighted by Crippen LogP contribution is 2.11. The molecule has 0 saturated carbocycles. The van der Waals surface area contributed by atoms with E-state index in [4.69, 9.17) is 5.11 Å². The summed E-state index contributed by atoms with van der Waals surface area (Å²) >= 11 is 0. The van der Waals surface area contributed by atoms with Crippen LogP contribution in [-0.4, -0.2) is 35.6 Å². The molecule has 0 amide bonds. The Hall–Kier alpha value is -0.830. The minimum atomic E-state index is -0.850. The third-order valence-corrected chi connectivity index (χ3v) is 3.91. The van der Waals surface area contributed by atoms with Crippen molar-refractivity contribution in [1.82, 2.24) is 4.90 Å². The van der Waals surface area contributed by atoms with Crippen molar-refractivity contribution >= 4 is 5.97 Å². The second-order valence-electron chi connectivity index (χ2n) is 5.98. The van der Waals surface area contributed by atoms with Crippen LogP contribution in [0.15, 0.2) is 12.2 Å². The molecule has 0 aliphatic heterocycles. The highest BCUT2D eigenvalue weighted by Gasteiger charge is 2.04. The van der Waals surface area contributed by atoms with Crippen LogP contribution in [0.25, 0.3) is 0 Å². The van der Waals surface area contributed by atoms with Gasteiger partial charge in [-0.3, -0.25) is 0 Å². The van der Waals surface area contributed by atoms with E-state index >= 15 is 0 Å². The minimum Gasteiger partial charge on any atom is -0.478 e. The summed E-state index contributed by atoms with van der Waals surface area (Å²) in [6.07, 6.45) is 11.6. The van der Waals surface area contributed by atoms with E-state index in [0.29, 0.717) is 12.0 Å². The molecule has 0 spiro atoms. The van der Waals surface area contributed by atoms with Gasteiger partial charge in [-0.25, -0.2) is 4.79 Å². The first-order valence-corrected chi connectivity index (χ1v) is 8.75. The lowest BCUT2D eigenvalue weighted by molar-refractivity contribution is -0.132. The van der Waals surface area contributed by atoms with Crippen LogP contribution in [0.2, 0.25) is 0 Å². The Kier molecular flexibility index (Phi) is 13.6. The monoisotopic (exact) mass is 297 g/mol. The number of carbonyl (C=O) groups is 1. The van der Waals surface area contributed by atoms with Crippen LogP contribution in [0.4, 0.5) is 0 Å². The van der Waals surface area contributed by atoms with Crippen molar-refractivity contribution in [2.45, 2.75) is 78.1 Å². The third kappa shape index (κ3) is 12.6. The molecule has 21 heavy (non-hydrogen) atoms. The summed E-state index contributed by atoms with van der Waals surface area (Å²) in [5.41, 5.74) is 0.348. The molecule has 0 fully saturated rings. The summed E-state index contributed by atoms with van der Waals surface area (Å²) in [4.78, 5) is 13.2. The number of rotatable bonds is 15. The quantitative estimate of drug-likeness (QED) is 0.346. The fourth-order valence-corrected chi connectivity index (χ4v) is 2.41. The van der Waals surface area contributed by atoms with Crippen LogP contribution >= 0.6 is 0 Å². The van der Waals surface area contributed by atoms with Gasteiger partial charge in [0.2, 0.25) is 0 Å².